The number of nitrogens with zero attached hydrogens (tertiary/aromatic N) is 3. The van der Waals surface area contributed by atoms with Crippen molar-refractivity contribution in [2.24, 2.45) is 5.73 Å². The maximum atomic E-state index is 13.7. The molecule has 4 rings (SSSR count). The van der Waals surface area contributed by atoms with E-state index in [2.05, 4.69) is 10.2 Å². The van der Waals surface area contributed by atoms with Crippen LogP contribution in [0, 0.1) is 17.0 Å². The average Bonchev–Trinajstić information content (AvgIpc) is 2.96. The summed E-state index contributed by atoms with van der Waals surface area (Å²) in [6.07, 6.45) is 4.64. The number of likely N-dealkylation sites (tertiary alicyclic amines) is 1. The Labute approximate surface area is 236 Å². The molecule has 1 saturated carbocycles. The molecule has 2 amide bonds. The van der Waals surface area contributed by atoms with Crippen molar-refractivity contribution in [1.82, 2.24) is 15.1 Å². The minimum absolute atomic E-state index is 0.0305. The number of benzene rings is 2. The molecule has 1 saturated heterocycles. The van der Waals surface area contributed by atoms with Gasteiger partial charge in [0.1, 0.15) is 6.04 Å². The quantitative estimate of drug-likeness (QED) is 0.342. The zero-order chi connectivity index (χ0) is 28.6. The molecule has 2 atom stereocenters. The van der Waals surface area contributed by atoms with Crippen molar-refractivity contribution >= 4 is 17.5 Å². The van der Waals surface area contributed by atoms with E-state index in [0.29, 0.717) is 44.6 Å². The second-order valence-electron chi connectivity index (χ2n) is 11.1. The number of amides is 2. The zero-order valence-corrected chi connectivity index (χ0v) is 23.5. The number of piperidine rings is 1. The first-order valence-electron chi connectivity index (χ1n) is 14.1. The molecule has 1 unspecified atom stereocenters. The standard InChI is InChI=1S/C30H41N5O5/c1-21-3-7-23(8-4-21)30(37)34-16-15-27(19-28(34)29(36)32-25-11-9-24(31)10-12-25)33(17-18-40-2)20-22-5-13-26(14-6-22)35(38)39/h3-8,13-14,24-25,27-28H,9-12,15-20,31H2,1-2H3,(H,32,36)/t24?,25?,27?,28-/m1/s1. The number of aryl methyl sites for hydroxylation is 1. The minimum Gasteiger partial charge on any atom is -0.383 e. The Morgan fingerprint density at radius 3 is 2.38 bits per heavy atom. The number of nitro benzene ring substituents is 1. The van der Waals surface area contributed by atoms with Crippen LogP contribution in [0.15, 0.2) is 48.5 Å². The first kappa shape index (κ1) is 29.6. The van der Waals surface area contributed by atoms with Crippen molar-refractivity contribution in [2.75, 3.05) is 26.8 Å². The summed E-state index contributed by atoms with van der Waals surface area (Å²) in [7, 11) is 1.65. The first-order valence-corrected chi connectivity index (χ1v) is 14.1. The van der Waals surface area contributed by atoms with E-state index >= 15 is 0 Å². The fourth-order valence-electron chi connectivity index (χ4n) is 5.75. The van der Waals surface area contributed by atoms with E-state index in [-0.39, 0.29) is 35.6 Å². The van der Waals surface area contributed by atoms with Gasteiger partial charge >= 0.3 is 0 Å². The highest BCUT2D eigenvalue weighted by atomic mass is 16.6. The van der Waals surface area contributed by atoms with E-state index in [1.54, 1.807) is 24.1 Å². The molecule has 0 spiro atoms. The van der Waals surface area contributed by atoms with E-state index in [1.165, 1.54) is 12.1 Å². The highest BCUT2D eigenvalue weighted by Crippen LogP contribution is 2.27. The van der Waals surface area contributed by atoms with Crippen LogP contribution in [0.3, 0.4) is 0 Å². The monoisotopic (exact) mass is 551 g/mol. The predicted molar refractivity (Wildman–Crippen MR) is 153 cm³/mol. The van der Waals surface area contributed by atoms with Crippen LogP contribution in [0.1, 0.15) is 60.0 Å². The van der Waals surface area contributed by atoms with Crippen LogP contribution in [0.5, 0.6) is 0 Å². The number of rotatable bonds is 10. The van der Waals surface area contributed by atoms with Crippen LogP contribution in [0.25, 0.3) is 0 Å². The van der Waals surface area contributed by atoms with Gasteiger partial charge in [-0.3, -0.25) is 24.6 Å². The molecular formula is C30H41N5O5. The van der Waals surface area contributed by atoms with E-state index < -0.39 is 11.0 Å². The molecule has 10 heteroatoms. The van der Waals surface area contributed by atoms with E-state index in [0.717, 1.165) is 36.8 Å². The SMILES string of the molecule is COCCN(Cc1ccc([N+](=O)[O-])cc1)C1CCN(C(=O)c2ccc(C)cc2)[C@@H](C(=O)NC2CCC(N)CC2)C1. The molecule has 3 N–H and O–H groups in total. The Balaban J connectivity index is 1.54. The number of carbonyl (C=O) groups is 2. The van der Waals surface area contributed by atoms with E-state index in [1.807, 2.05) is 31.2 Å². The largest absolute Gasteiger partial charge is 0.383 e. The van der Waals surface area contributed by atoms with Gasteiger partial charge in [-0.25, -0.2) is 0 Å². The summed E-state index contributed by atoms with van der Waals surface area (Å²) in [6.45, 7) is 4.14. The Hall–Kier alpha value is -3.34. The molecule has 0 aromatic heterocycles. The summed E-state index contributed by atoms with van der Waals surface area (Å²) < 4.78 is 5.38. The summed E-state index contributed by atoms with van der Waals surface area (Å²) in [5, 5.41) is 14.3. The number of methoxy groups -OCH3 is 1. The zero-order valence-electron chi connectivity index (χ0n) is 23.5. The molecule has 1 heterocycles. The number of carbonyl (C=O) groups excluding carboxylic acids is 2. The second kappa shape index (κ2) is 13.8. The number of non-ortho nitro benzene ring substituents is 1. The molecule has 2 fully saturated rings. The molecule has 216 valence electrons. The van der Waals surface area contributed by atoms with Gasteiger partial charge in [0.25, 0.3) is 11.6 Å². The fourth-order valence-corrected chi connectivity index (χ4v) is 5.75. The predicted octanol–water partition coefficient (Wildman–Crippen LogP) is 3.41. The Morgan fingerprint density at radius 1 is 1.07 bits per heavy atom. The van der Waals surface area contributed by atoms with Crippen molar-refractivity contribution < 1.29 is 19.2 Å². The Bertz CT molecular complexity index is 1150. The van der Waals surface area contributed by atoms with Crippen molar-refractivity contribution in [2.45, 2.75) is 76.2 Å². The molecule has 0 bridgehead atoms. The van der Waals surface area contributed by atoms with Crippen LogP contribution in [-0.4, -0.2) is 77.5 Å². The lowest BCUT2D eigenvalue weighted by Gasteiger charge is -2.43. The van der Waals surface area contributed by atoms with Gasteiger partial charge in [-0.2, -0.15) is 0 Å². The summed E-state index contributed by atoms with van der Waals surface area (Å²) in [4.78, 5) is 42.0. The van der Waals surface area contributed by atoms with Gasteiger partial charge in [-0.1, -0.05) is 29.8 Å². The lowest BCUT2D eigenvalue weighted by molar-refractivity contribution is -0.384. The van der Waals surface area contributed by atoms with Gasteiger partial charge in [0.05, 0.1) is 11.5 Å². The van der Waals surface area contributed by atoms with Crippen molar-refractivity contribution in [3.63, 3.8) is 0 Å². The fraction of sp³-hybridized carbons (Fsp3) is 0.533. The average molecular weight is 552 g/mol. The molecule has 40 heavy (non-hydrogen) atoms. The molecule has 2 aromatic rings. The van der Waals surface area contributed by atoms with Crippen LogP contribution in [-0.2, 0) is 16.1 Å². The Kier molecular flexibility index (Phi) is 10.2. The second-order valence-corrected chi connectivity index (χ2v) is 11.1. The van der Waals surface area contributed by atoms with Crippen molar-refractivity contribution in [1.29, 1.82) is 0 Å². The third kappa shape index (κ3) is 7.65. The van der Waals surface area contributed by atoms with Crippen LogP contribution in [0.2, 0.25) is 0 Å². The highest BCUT2D eigenvalue weighted by Gasteiger charge is 2.39. The van der Waals surface area contributed by atoms with Gasteiger partial charge in [0.15, 0.2) is 0 Å². The van der Waals surface area contributed by atoms with Crippen LogP contribution < -0.4 is 11.1 Å². The van der Waals surface area contributed by atoms with Gasteiger partial charge in [0, 0.05) is 62.6 Å². The van der Waals surface area contributed by atoms with Crippen LogP contribution >= 0.6 is 0 Å². The van der Waals surface area contributed by atoms with Gasteiger partial charge in [-0.15, -0.1) is 0 Å². The highest BCUT2D eigenvalue weighted by molar-refractivity contribution is 5.97. The number of ether oxygens (including phenoxy) is 1. The van der Waals surface area contributed by atoms with Gasteiger partial charge < -0.3 is 20.7 Å². The third-order valence-electron chi connectivity index (χ3n) is 8.19. The topological polar surface area (TPSA) is 131 Å². The maximum absolute atomic E-state index is 13.7. The first-order chi connectivity index (χ1) is 19.2. The molecule has 2 aromatic carbocycles. The summed E-state index contributed by atoms with van der Waals surface area (Å²) in [6, 6.07) is 13.7. The lowest BCUT2D eigenvalue weighted by Crippen LogP contribution is -2.58. The maximum Gasteiger partial charge on any atom is 0.269 e. The number of nitro groups is 1. The molecule has 10 nitrogen and oxygen atoms in total. The van der Waals surface area contributed by atoms with Gasteiger partial charge in [-0.05, 0) is 63.1 Å². The summed E-state index contributed by atoms with van der Waals surface area (Å²) in [5.74, 6) is -0.254. The third-order valence-corrected chi connectivity index (χ3v) is 8.19. The number of nitrogens with two attached hydrogens (primary N) is 1. The molecule has 0 radical (unpaired) electrons. The van der Waals surface area contributed by atoms with Gasteiger partial charge in [0.2, 0.25) is 5.91 Å². The normalized spacial score (nSPS) is 23.1. The Morgan fingerprint density at radius 2 is 1.75 bits per heavy atom. The lowest BCUT2D eigenvalue weighted by atomic mass is 9.90. The van der Waals surface area contributed by atoms with E-state index in [9.17, 15) is 19.7 Å². The molecule has 2 aliphatic rings. The molecule has 1 aliphatic carbocycles. The smallest absolute Gasteiger partial charge is 0.269 e. The van der Waals surface area contributed by atoms with E-state index in [4.69, 9.17) is 10.5 Å². The van der Waals surface area contributed by atoms with Crippen molar-refractivity contribution in [3.05, 3.63) is 75.3 Å². The van der Waals surface area contributed by atoms with Crippen LogP contribution in [0.4, 0.5) is 5.69 Å². The minimum atomic E-state index is -0.606. The van der Waals surface area contributed by atoms with Crippen molar-refractivity contribution in [3.8, 4) is 0 Å². The number of hydrogen-bond acceptors (Lipinski definition) is 7. The molecule has 1 aliphatic heterocycles. The molecular weight excluding hydrogens is 510 g/mol. The summed E-state index contributed by atoms with van der Waals surface area (Å²) in [5.41, 5.74) is 8.71. The number of nitrogens with one attached hydrogen (secondary N) is 1. The number of hydrogen-bond donors (Lipinski definition) is 2. The summed E-state index contributed by atoms with van der Waals surface area (Å²) >= 11 is 0.